The minimum absolute atomic E-state index is 0.366. The predicted molar refractivity (Wildman–Crippen MR) is 60.6 cm³/mol. The first-order chi connectivity index (χ1) is 7.17. The van der Waals surface area contributed by atoms with E-state index < -0.39 is 0 Å². The van der Waals surface area contributed by atoms with E-state index >= 15 is 0 Å². The summed E-state index contributed by atoms with van der Waals surface area (Å²) in [6.07, 6.45) is 0.718. The van der Waals surface area contributed by atoms with E-state index in [1.54, 1.807) is 13.2 Å². The fraction of sp³-hybridized carbons (Fsp3) is 0.182. The Balaban J connectivity index is 2.78. The van der Waals surface area contributed by atoms with Gasteiger partial charge in [-0.05, 0) is 28.9 Å². The Labute approximate surface area is 95.1 Å². The van der Waals surface area contributed by atoms with Gasteiger partial charge in [0.25, 0.3) is 0 Å². The van der Waals surface area contributed by atoms with E-state index in [4.69, 9.17) is 9.15 Å². The lowest BCUT2D eigenvalue weighted by Gasteiger charge is -2.01. The van der Waals surface area contributed by atoms with Gasteiger partial charge in [-0.15, -0.1) is 0 Å². The average molecular weight is 269 g/mol. The van der Waals surface area contributed by atoms with Crippen molar-refractivity contribution in [2.75, 3.05) is 7.11 Å². The van der Waals surface area contributed by atoms with Crippen LogP contribution < -0.4 is 4.74 Å². The largest absolute Gasteiger partial charge is 0.495 e. The van der Waals surface area contributed by atoms with Crippen LogP contribution in [0.5, 0.6) is 5.75 Å². The molecule has 0 aliphatic heterocycles. The Morgan fingerprint density at radius 3 is 2.80 bits per heavy atom. The van der Waals surface area contributed by atoms with Gasteiger partial charge >= 0.3 is 0 Å². The van der Waals surface area contributed by atoms with Crippen LogP contribution in [0.3, 0.4) is 0 Å². The second-order valence-electron chi connectivity index (χ2n) is 3.19. The zero-order chi connectivity index (χ0) is 11.0. The predicted octanol–water partition coefficient (Wildman–Crippen LogP) is 3.32. The zero-order valence-electron chi connectivity index (χ0n) is 8.33. The number of hydrogen-bond acceptors (Lipinski definition) is 3. The number of fused-ring (bicyclic) bond motifs is 1. The monoisotopic (exact) mass is 268 g/mol. The van der Waals surface area contributed by atoms with Crippen molar-refractivity contribution in [1.29, 1.82) is 0 Å². The smallest absolute Gasteiger partial charge is 0.185 e. The third-order valence-corrected chi connectivity index (χ3v) is 2.97. The normalized spacial score (nSPS) is 10.6. The summed E-state index contributed by atoms with van der Waals surface area (Å²) in [6, 6.07) is 3.65. The molecule has 1 heterocycles. The minimum Gasteiger partial charge on any atom is -0.495 e. The Morgan fingerprint density at radius 2 is 2.20 bits per heavy atom. The molecule has 1 aromatic carbocycles. The molecule has 15 heavy (non-hydrogen) atoms. The molecular formula is C11H9BrO3. The molecule has 0 unspecified atom stereocenters. The summed E-state index contributed by atoms with van der Waals surface area (Å²) in [7, 11) is 1.59. The fourth-order valence-electron chi connectivity index (χ4n) is 1.51. The van der Waals surface area contributed by atoms with Crippen LogP contribution in [-0.2, 0) is 0 Å². The molecule has 0 saturated carbocycles. The number of ether oxygens (including phenoxy) is 1. The quantitative estimate of drug-likeness (QED) is 0.785. The molecule has 2 rings (SSSR count). The van der Waals surface area contributed by atoms with Crippen LogP contribution in [0.2, 0.25) is 0 Å². The molecule has 0 aliphatic rings. The molecule has 0 radical (unpaired) electrons. The Kier molecular flexibility index (Phi) is 2.52. The molecule has 0 atom stereocenters. The van der Waals surface area contributed by atoms with Gasteiger partial charge in [0.1, 0.15) is 11.3 Å². The third kappa shape index (κ3) is 1.55. The van der Waals surface area contributed by atoms with Crippen molar-refractivity contribution in [2.45, 2.75) is 6.92 Å². The van der Waals surface area contributed by atoms with E-state index in [-0.39, 0.29) is 0 Å². The van der Waals surface area contributed by atoms with Gasteiger partial charge in [0.05, 0.1) is 11.6 Å². The SMILES string of the molecule is COc1cc2oc(C=O)c(C)c2cc1Br. The van der Waals surface area contributed by atoms with Crippen molar-refractivity contribution >= 4 is 33.2 Å². The third-order valence-electron chi connectivity index (χ3n) is 2.35. The number of hydrogen-bond donors (Lipinski definition) is 0. The topological polar surface area (TPSA) is 39.4 Å². The van der Waals surface area contributed by atoms with Gasteiger partial charge in [-0.1, -0.05) is 0 Å². The van der Waals surface area contributed by atoms with Crippen molar-refractivity contribution in [3.8, 4) is 5.75 Å². The van der Waals surface area contributed by atoms with Crippen molar-refractivity contribution in [2.24, 2.45) is 0 Å². The maximum atomic E-state index is 10.7. The Bertz CT molecular complexity index is 528. The van der Waals surface area contributed by atoms with Crippen LogP contribution in [0.25, 0.3) is 11.0 Å². The molecular weight excluding hydrogens is 260 g/mol. The molecule has 4 heteroatoms. The molecule has 3 nitrogen and oxygen atoms in total. The maximum absolute atomic E-state index is 10.7. The summed E-state index contributed by atoms with van der Waals surface area (Å²) in [5, 5.41) is 0.921. The number of carbonyl (C=O) groups is 1. The second-order valence-corrected chi connectivity index (χ2v) is 4.05. The highest BCUT2D eigenvalue weighted by Gasteiger charge is 2.12. The van der Waals surface area contributed by atoms with Crippen LogP contribution in [0.1, 0.15) is 16.1 Å². The fourth-order valence-corrected chi connectivity index (χ4v) is 2.01. The van der Waals surface area contributed by atoms with Gasteiger partial charge in [-0.2, -0.15) is 0 Å². The Morgan fingerprint density at radius 1 is 1.47 bits per heavy atom. The zero-order valence-corrected chi connectivity index (χ0v) is 9.92. The van der Waals surface area contributed by atoms with Crippen LogP contribution >= 0.6 is 15.9 Å². The highest BCUT2D eigenvalue weighted by atomic mass is 79.9. The van der Waals surface area contributed by atoms with Gasteiger partial charge in [-0.25, -0.2) is 0 Å². The van der Waals surface area contributed by atoms with Crippen LogP contribution in [0.4, 0.5) is 0 Å². The van der Waals surface area contributed by atoms with Crippen molar-refractivity contribution < 1.29 is 13.9 Å². The van der Waals surface area contributed by atoms with Crippen LogP contribution in [-0.4, -0.2) is 13.4 Å². The van der Waals surface area contributed by atoms with Crippen molar-refractivity contribution in [1.82, 2.24) is 0 Å². The number of aldehydes is 1. The summed E-state index contributed by atoms with van der Waals surface area (Å²) in [4.78, 5) is 10.7. The molecule has 0 saturated heterocycles. The molecule has 78 valence electrons. The van der Waals surface area contributed by atoms with Gasteiger partial charge in [-0.3, -0.25) is 4.79 Å². The van der Waals surface area contributed by atoms with Crippen LogP contribution in [0, 0.1) is 6.92 Å². The summed E-state index contributed by atoms with van der Waals surface area (Å²) in [5.41, 5.74) is 1.51. The second kappa shape index (κ2) is 3.70. The molecule has 0 bridgehead atoms. The van der Waals surface area contributed by atoms with Gasteiger partial charge in [0, 0.05) is 17.0 Å². The van der Waals surface area contributed by atoms with Crippen LogP contribution in [0.15, 0.2) is 21.0 Å². The molecule has 1 aromatic heterocycles. The molecule has 0 fully saturated rings. The summed E-state index contributed by atoms with van der Waals surface area (Å²) >= 11 is 3.39. The van der Waals surface area contributed by atoms with Gasteiger partial charge < -0.3 is 9.15 Å². The average Bonchev–Trinajstić information content (AvgIpc) is 2.54. The Hall–Kier alpha value is -1.29. The molecule has 0 aliphatic carbocycles. The standard InChI is InChI=1S/C11H9BrO3/c1-6-7-3-8(12)10(14-2)4-9(7)15-11(6)5-13/h3-5H,1-2H3. The number of rotatable bonds is 2. The first-order valence-corrected chi connectivity index (χ1v) is 5.18. The highest BCUT2D eigenvalue weighted by molar-refractivity contribution is 9.10. The van der Waals surface area contributed by atoms with Crippen molar-refractivity contribution in [3.63, 3.8) is 0 Å². The van der Waals surface area contributed by atoms with Gasteiger partial charge in [0.15, 0.2) is 12.0 Å². The number of furan rings is 1. The highest BCUT2D eigenvalue weighted by Crippen LogP contribution is 2.33. The molecule has 0 N–H and O–H groups in total. The summed E-state index contributed by atoms with van der Waals surface area (Å²) < 4.78 is 11.4. The lowest BCUT2D eigenvalue weighted by Crippen LogP contribution is -1.83. The van der Waals surface area contributed by atoms with Crippen molar-refractivity contribution in [3.05, 3.63) is 27.9 Å². The molecule has 0 amide bonds. The number of halogens is 1. The minimum atomic E-state index is 0.366. The number of carbonyl (C=O) groups excluding carboxylic acids is 1. The van der Waals surface area contributed by atoms with E-state index in [2.05, 4.69) is 15.9 Å². The lowest BCUT2D eigenvalue weighted by atomic mass is 10.1. The summed E-state index contributed by atoms with van der Waals surface area (Å²) in [5.74, 6) is 1.05. The maximum Gasteiger partial charge on any atom is 0.185 e. The number of aryl methyl sites for hydroxylation is 1. The lowest BCUT2D eigenvalue weighted by molar-refractivity contribution is 0.110. The molecule has 0 spiro atoms. The van der Waals surface area contributed by atoms with E-state index in [1.807, 2.05) is 13.0 Å². The summed E-state index contributed by atoms with van der Waals surface area (Å²) in [6.45, 7) is 1.86. The number of methoxy groups -OCH3 is 1. The first-order valence-electron chi connectivity index (χ1n) is 4.39. The number of benzene rings is 1. The van der Waals surface area contributed by atoms with E-state index in [0.29, 0.717) is 17.1 Å². The first kappa shape index (κ1) is 10.2. The van der Waals surface area contributed by atoms with E-state index in [1.165, 1.54) is 0 Å². The van der Waals surface area contributed by atoms with Gasteiger partial charge in [0.2, 0.25) is 0 Å². The molecule has 2 aromatic rings. The van der Waals surface area contributed by atoms with E-state index in [0.717, 1.165) is 21.7 Å². The van der Waals surface area contributed by atoms with E-state index in [9.17, 15) is 4.79 Å².